The molecule has 0 aliphatic heterocycles. The minimum absolute atomic E-state index is 0.350. The van der Waals surface area contributed by atoms with Crippen LogP contribution in [-0.4, -0.2) is 22.9 Å². The Hall–Kier alpha value is -2.67. The first kappa shape index (κ1) is 18.1. The van der Waals surface area contributed by atoms with Crippen LogP contribution in [0.4, 0.5) is 0 Å². The van der Waals surface area contributed by atoms with Gasteiger partial charge in [-0.1, -0.05) is 29.3 Å². The zero-order valence-electron chi connectivity index (χ0n) is 14.5. The molecule has 6 nitrogen and oxygen atoms in total. The van der Waals surface area contributed by atoms with Crippen LogP contribution in [0.15, 0.2) is 40.8 Å². The van der Waals surface area contributed by atoms with Crippen molar-refractivity contribution in [1.82, 2.24) is 10.9 Å². The average Bonchev–Trinajstić information content (AvgIpc) is 3.05. The van der Waals surface area contributed by atoms with Gasteiger partial charge in [-0.15, -0.1) is 11.3 Å². The summed E-state index contributed by atoms with van der Waals surface area (Å²) in [6.45, 7) is 3.80. The lowest BCUT2D eigenvalue weighted by molar-refractivity contribution is -0.147. The Morgan fingerprint density at radius 1 is 1.04 bits per heavy atom. The molecule has 2 unspecified atom stereocenters. The molecule has 0 radical (unpaired) electrons. The number of thiophene rings is 1. The molecule has 0 fully saturated rings. The number of nitrogens with one attached hydrogen (secondary N) is 2. The van der Waals surface area contributed by atoms with Crippen LogP contribution in [-0.2, 0) is 9.59 Å². The molecule has 2 atom stereocenters. The van der Waals surface area contributed by atoms with E-state index < -0.39 is 29.6 Å². The number of carboxylic acid groups (broad SMARTS) is 1. The molecule has 1 aliphatic carbocycles. The van der Waals surface area contributed by atoms with Crippen molar-refractivity contribution in [3.8, 4) is 0 Å². The first-order chi connectivity index (χ1) is 12.4. The number of hydrogen-bond acceptors (Lipinski definition) is 4. The third-order valence-corrected chi connectivity index (χ3v) is 5.91. The number of hydrazine groups is 1. The Morgan fingerprint density at radius 3 is 2.38 bits per heavy atom. The van der Waals surface area contributed by atoms with Crippen molar-refractivity contribution >= 4 is 39.2 Å². The van der Waals surface area contributed by atoms with Gasteiger partial charge in [0.1, 0.15) is 0 Å². The number of amides is 2. The maximum Gasteiger partial charge on any atom is 0.307 e. The van der Waals surface area contributed by atoms with Crippen LogP contribution in [0.1, 0.15) is 37.0 Å². The quantitative estimate of drug-likeness (QED) is 0.570. The second-order valence-electron chi connectivity index (χ2n) is 6.61. The van der Waals surface area contributed by atoms with E-state index in [0.717, 1.165) is 21.2 Å². The molecule has 1 heterocycles. The van der Waals surface area contributed by atoms with E-state index >= 15 is 0 Å². The average molecular weight is 372 g/mol. The molecule has 0 bridgehead atoms. The summed E-state index contributed by atoms with van der Waals surface area (Å²) in [6, 6.07) is 7.52. The van der Waals surface area contributed by atoms with Gasteiger partial charge in [-0.2, -0.15) is 0 Å². The van der Waals surface area contributed by atoms with E-state index in [0.29, 0.717) is 18.4 Å². The van der Waals surface area contributed by atoms with Gasteiger partial charge >= 0.3 is 5.97 Å². The molecule has 3 N–H and O–H groups in total. The smallest absolute Gasteiger partial charge is 0.307 e. The molecule has 2 aromatic rings. The van der Waals surface area contributed by atoms with Crippen LogP contribution in [0.5, 0.6) is 0 Å². The first-order valence-electron chi connectivity index (χ1n) is 8.33. The molecule has 0 saturated heterocycles. The summed E-state index contributed by atoms with van der Waals surface area (Å²) >= 11 is 1.45. The second kappa shape index (κ2) is 7.29. The summed E-state index contributed by atoms with van der Waals surface area (Å²) in [7, 11) is 0. The highest BCUT2D eigenvalue weighted by Gasteiger charge is 2.37. The van der Waals surface area contributed by atoms with Crippen LogP contribution in [0.25, 0.3) is 10.1 Å². The summed E-state index contributed by atoms with van der Waals surface area (Å²) in [5.41, 5.74) is 7.34. The topological polar surface area (TPSA) is 95.5 Å². The molecule has 0 spiro atoms. The number of rotatable bonds is 3. The fourth-order valence-electron chi connectivity index (χ4n) is 3.26. The Labute approximate surface area is 154 Å². The third kappa shape index (κ3) is 3.48. The molecule has 0 saturated carbocycles. The van der Waals surface area contributed by atoms with E-state index in [1.54, 1.807) is 5.38 Å². The van der Waals surface area contributed by atoms with Gasteiger partial charge in [-0.25, -0.2) is 0 Å². The number of benzene rings is 1. The molecule has 3 rings (SSSR count). The fraction of sp³-hybridized carbons (Fsp3) is 0.316. The predicted molar refractivity (Wildman–Crippen MR) is 99.7 cm³/mol. The van der Waals surface area contributed by atoms with Crippen LogP contribution in [0.3, 0.4) is 0 Å². The number of hydrogen-bond donors (Lipinski definition) is 3. The first-order valence-corrected chi connectivity index (χ1v) is 9.21. The Balaban J connectivity index is 1.70. The van der Waals surface area contributed by atoms with Crippen molar-refractivity contribution < 1.29 is 19.5 Å². The van der Waals surface area contributed by atoms with Crippen LogP contribution in [0, 0.1) is 11.8 Å². The lowest BCUT2D eigenvalue weighted by Crippen LogP contribution is -2.48. The lowest BCUT2D eigenvalue weighted by Gasteiger charge is -2.29. The number of allylic oxidation sites excluding steroid dienone is 2. The van der Waals surface area contributed by atoms with Crippen molar-refractivity contribution in [2.45, 2.75) is 26.7 Å². The minimum Gasteiger partial charge on any atom is -0.481 e. The highest BCUT2D eigenvalue weighted by atomic mass is 32.1. The maximum atomic E-state index is 12.5. The molecule has 1 aromatic heterocycles. The summed E-state index contributed by atoms with van der Waals surface area (Å²) < 4.78 is 0.985. The number of carbonyl (C=O) groups is 3. The van der Waals surface area contributed by atoms with Crippen molar-refractivity contribution in [1.29, 1.82) is 0 Å². The van der Waals surface area contributed by atoms with E-state index in [1.165, 1.54) is 11.3 Å². The van der Waals surface area contributed by atoms with E-state index in [9.17, 15) is 19.5 Å². The summed E-state index contributed by atoms with van der Waals surface area (Å²) in [5.74, 6) is -3.36. The fourth-order valence-corrected chi connectivity index (χ4v) is 4.20. The van der Waals surface area contributed by atoms with Gasteiger partial charge in [0.2, 0.25) is 5.91 Å². The monoisotopic (exact) mass is 372 g/mol. The predicted octanol–water partition coefficient (Wildman–Crippen LogP) is 3.11. The Bertz CT molecular complexity index is 915. The molecular weight excluding hydrogens is 352 g/mol. The molecule has 2 amide bonds. The van der Waals surface area contributed by atoms with Crippen LogP contribution < -0.4 is 10.9 Å². The number of fused-ring (bicyclic) bond motifs is 1. The van der Waals surface area contributed by atoms with Gasteiger partial charge in [0.25, 0.3) is 5.91 Å². The normalized spacial score (nSPS) is 20.1. The maximum absolute atomic E-state index is 12.5. The summed E-state index contributed by atoms with van der Waals surface area (Å²) in [5, 5.41) is 12.0. The van der Waals surface area contributed by atoms with E-state index in [2.05, 4.69) is 10.9 Å². The van der Waals surface area contributed by atoms with Crippen molar-refractivity contribution in [3.05, 3.63) is 46.4 Å². The van der Waals surface area contributed by atoms with Gasteiger partial charge in [-0.05, 0) is 32.8 Å². The largest absolute Gasteiger partial charge is 0.481 e. The lowest BCUT2D eigenvalue weighted by atomic mass is 9.76. The zero-order chi connectivity index (χ0) is 18.8. The molecular formula is C19H20N2O4S. The Morgan fingerprint density at radius 2 is 1.69 bits per heavy atom. The van der Waals surface area contributed by atoms with Crippen molar-refractivity contribution in [2.75, 3.05) is 0 Å². The highest BCUT2D eigenvalue weighted by molar-refractivity contribution is 7.17. The molecule has 1 aromatic carbocycles. The molecule has 26 heavy (non-hydrogen) atoms. The van der Waals surface area contributed by atoms with Crippen molar-refractivity contribution in [2.24, 2.45) is 11.8 Å². The van der Waals surface area contributed by atoms with E-state index in [4.69, 9.17) is 0 Å². The van der Waals surface area contributed by atoms with Crippen LogP contribution in [0.2, 0.25) is 0 Å². The van der Waals surface area contributed by atoms with Gasteiger partial charge in [0.05, 0.1) is 17.4 Å². The second-order valence-corrected chi connectivity index (χ2v) is 7.52. The van der Waals surface area contributed by atoms with Gasteiger partial charge in [0.15, 0.2) is 0 Å². The van der Waals surface area contributed by atoms with Crippen LogP contribution >= 0.6 is 11.3 Å². The third-order valence-electron chi connectivity index (χ3n) is 4.95. The minimum atomic E-state index is -0.993. The standard InChI is InChI=1S/C19H20N2O4S/c1-10-7-13(14(19(24)25)8-11(10)2)17(22)20-21-18(23)15-9-26-16-6-4-3-5-12(15)16/h3-6,9,13-14H,7-8H2,1-2H3,(H,20,22)(H,21,23)(H,24,25). The molecule has 7 heteroatoms. The number of aliphatic carboxylic acids is 1. The number of carboxylic acids is 1. The van der Waals surface area contributed by atoms with Gasteiger partial charge in [0, 0.05) is 15.5 Å². The van der Waals surface area contributed by atoms with E-state index in [-0.39, 0.29) is 0 Å². The SMILES string of the molecule is CC1=C(C)CC(C(=O)NNC(=O)c2csc3ccccc23)C(C(=O)O)C1. The number of carbonyl (C=O) groups excluding carboxylic acids is 2. The van der Waals surface area contributed by atoms with Gasteiger partial charge in [-0.3, -0.25) is 25.2 Å². The van der Waals surface area contributed by atoms with Gasteiger partial charge < -0.3 is 5.11 Å². The highest BCUT2D eigenvalue weighted by Crippen LogP contribution is 2.34. The zero-order valence-corrected chi connectivity index (χ0v) is 15.4. The summed E-state index contributed by atoms with van der Waals surface area (Å²) in [6.07, 6.45) is 0.730. The molecule has 136 valence electrons. The van der Waals surface area contributed by atoms with E-state index in [1.807, 2.05) is 38.1 Å². The Kier molecular flexibility index (Phi) is 5.08. The molecule has 1 aliphatic rings. The van der Waals surface area contributed by atoms with Crippen molar-refractivity contribution in [3.63, 3.8) is 0 Å². The summed E-state index contributed by atoms with van der Waals surface area (Å²) in [4.78, 5) is 36.4.